The first-order chi connectivity index (χ1) is 18.4. The highest BCUT2D eigenvalue weighted by Crippen LogP contribution is 2.73. The lowest BCUT2D eigenvalue weighted by atomic mass is 9.42. The molecule has 5 aliphatic rings. The standard InChI is InChI=1S/C30H53O9P/c1-14(2)16(4)19-13-15(3)26-29(6)11-9-17-20(21(29)27(30(26,7)38-19)39-40(35,36)37-8)24(33)25(34)22-23(32)18(31)10-12-28(17,22)5/h14-27,31-34H,9-13H2,1-8H3,(H,35,36)/t15-,16-,17-,18+,19+,20+,21+,22+,23-,24+,25-,26+,27-,28+,29-,30-/m0/s1. The molecule has 1 saturated heterocycles. The molecule has 0 spiro atoms. The van der Waals surface area contributed by atoms with Gasteiger partial charge in [-0.05, 0) is 91.3 Å². The molecule has 1 heterocycles. The third kappa shape index (κ3) is 4.35. The van der Waals surface area contributed by atoms with E-state index in [1.807, 2.05) is 6.92 Å². The van der Waals surface area contributed by atoms with Gasteiger partial charge in [-0.3, -0.25) is 9.05 Å². The molecule has 0 amide bonds. The Labute approximate surface area is 239 Å². The van der Waals surface area contributed by atoms with Crippen molar-refractivity contribution < 1.29 is 43.7 Å². The molecule has 9 nitrogen and oxygen atoms in total. The van der Waals surface area contributed by atoms with E-state index in [1.165, 1.54) is 0 Å². The van der Waals surface area contributed by atoms with Crippen LogP contribution in [0.1, 0.15) is 80.6 Å². The third-order valence-corrected chi connectivity index (χ3v) is 14.0. The van der Waals surface area contributed by atoms with Crippen LogP contribution in [0.3, 0.4) is 0 Å². The van der Waals surface area contributed by atoms with Gasteiger partial charge in [-0.2, -0.15) is 0 Å². The van der Waals surface area contributed by atoms with Crippen LogP contribution in [0.15, 0.2) is 0 Å². The van der Waals surface area contributed by atoms with Crippen molar-refractivity contribution in [2.24, 2.45) is 58.2 Å². The molecular weight excluding hydrogens is 535 g/mol. The van der Waals surface area contributed by atoms with Crippen LogP contribution < -0.4 is 0 Å². The van der Waals surface area contributed by atoms with Gasteiger partial charge in [-0.1, -0.05) is 41.5 Å². The summed E-state index contributed by atoms with van der Waals surface area (Å²) < 4.78 is 31.2. The monoisotopic (exact) mass is 588 g/mol. The van der Waals surface area contributed by atoms with Gasteiger partial charge in [0.15, 0.2) is 0 Å². The number of phosphoric ester groups is 1. The summed E-state index contributed by atoms with van der Waals surface area (Å²) in [6.45, 7) is 15.1. The van der Waals surface area contributed by atoms with Crippen LogP contribution in [0.25, 0.3) is 0 Å². The SMILES string of the molecule is COP(=O)(O)O[C@H]1[C@H]2[C@@H]3[C@@H](O)[C@@H](O)[C@H]4[C@@H](O)[C@H](O)CC[C@]4(C)[C@H]3CC[C@]2(C)[C@H]2[C@@H](C)C[C@H]([C@@H](C)C(C)C)O[C@@]21C. The number of aliphatic hydroxyl groups excluding tert-OH is 4. The van der Waals surface area contributed by atoms with Crippen molar-refractivity contribution in [1.29, 1.82) is 0 Å². The van der Waals surface area contributed by atoms with Crippen molar-refractivity contribution in [3.63, 3.8) is 0 Å². The fourth-order valence-electron chi connectivity index (χ4n) is 11.1. The number of ether oxygens (including phenoxy) is 1. The predicted octanol–water partition coefficient (Wildman–Crippen LogP) is 3.75. The fourth-order valence-corrected chi connectivity index (χ4v) is 11.8. The van der Waals surface area contributed by atoms with E-state index < -0.39 is 66.6 Å². The van der Waals surface area contributed by atoms with Crippen molar-refractivity contribution in [1.82, 2.24) is 0 Å². The second-order valence-electron chi connectivity index (χ2n) is 15.2. The summed E-state index contributed by atoms with van der Waals surface area (Å²) in [6, 6.07) is 0. The second-order valence-corrected chi connectivity index (χ2v) is 16.7. The molecule has 0 bridgehead atoms. The Balaban J connectivity index is 1.64. The Morgan fingerprint density at radius 3 is 2.15 bits per heavy atom. The van der Waals surface area contributed by atoms with Gasteiger partial charge in [0, 0.05) is 13.0 Å². The minimum Gasteiger partial charge on any atom is -0.390 e. The number of rotatable bonds is 5. The third-order valence-electron chi connectivity index (χ3n) is 13.0. The van der Waals surface area contributed by atoms with Crippen LogP contribution in [0.5, 0.6) is 0 Å². The van der Waals surface area contributed by atoms with Gasteiger partial charge in [-0.15, -0.1) is 0 Å². The summed E-state index contributed by atoms with van der Waals surface area (Å²) in [5.41, 5.74) is -1.83. The van der Waals surface area contributed by atoms with Crippen molar-refractivity contribution >= 4 is 7.82 Å². The number of phosphoric acid groups is 1. The minimum absolute atomic E-state index is 0.00272. The molecule has 40 heavy (non-hydrogen) atoms. The van der Waals surface area contributed by atoms with E-state index in [0.29, 0.717) is 18.8 Å². The summed E-state index contributed by atoms with van der Waals surface area (Å²) in [5, 5.41) is 44.9. The molecule has 0 aromatic heterocycles. The normalized spacial score (nSPS) is 56.5. The quantitative estimate of drug-likeness (QED) is 0.303. The van der Waals surface area contributed by atoms with Crippen LogP contribution in [0.2, 0.25) is 0 Å². The van der Waals surface area contributed by atoms with Crippen molar-refractivity contribution in [2.75, 3.05) is 7.11 Å². The van der Waals surface area contributed by atoms with E-state index in [0.717, 1.165) is 26.4 Å². The molecule has 4 saturated carbocycles. The van der Waals surface area contributed by atoms with E-state index in [1.54, 1.807) is 0 Å². The van der Waals surface area contributed by atoms with E-state index in [-0.39, 0.29) is 35.7 Å². The fraction of sp³-hybridized carbons (Fsp3) is 1.00. The predicted molar refractivity (Wildman–Crippen MR) is 149 cm³/mol. The molecule has 0 aromatic rings. The molecule has 10 heteroatoms. The highest BCUT2D eigenvalue weighted by molar-refractivity contribution is 7.47. The lowest BCUT2D eigenvalue weighted by Gasteiger charge is -2.64. The smallest absolute Gasteiger partial charge is 0.390 e. The zero-order valence-electron chi connectivity index (χ0n) is 25.4. The molecule has 5 rings (SSSR count). The summed E-state index contributed by atoms with van der Waals surface area (Å²) >= 11 is 0. The topological polar surface area (TPSA) is 146 Å². The first-order valence-corrected chi connectivity index (χ1v) is 16.9. The largest absolute Gasteiger partial charge is 0.472 e. The summed E-state index contributed by atoms with van der Waals surface area (Å²) in [6.07, 6.45) is -1.89. The lowest BCUT2D eigenvalue weighted by molar-refractivity contribution is -0.256. The maximum atomic E-state index is 13.1. The van der Waals surface area contributed by atoms with E-state index >= 15 is 0 Å². The van der Waals surface area contributed by atoms with E-state index in [9.17, 15) is 29.9 Å². The van der Waals surface area contributed by atoms with Gasteiger partial charge < -0.3 is 30.1 Å². The Morgan fingerprint density at radius 1 is 0.925 bits per heavy atom. The first kappa shape index (κ1) is 31.3. The van der Waals surface area contributed by atoms with Crippen LogP contribution in [-0.2, 0) is 18.3 Å². The highest BCUT2D eigenvalue weighted by Gasteiger charge is 2.75. The summed E-state index contributed by atoms with van der Waals surface area (Å²) in [4.78, 5) is 10.7. The van der Waals surface area contributed by atoms with Crippen molar-refractivity contribution in [3.8, 4) is 0 Å². The first-order valence-electron chi connectivity index (χ1n) is 15.4. The number of aliphatic hydroxyl groups is 4. The zero-order chi connectivity index (χ0) is 29.7. The molecule has 5 fully saturated rings. The molecular formula is C30H53O9P. The van der Waals surface area contributed by atoms with Gasteiger partial charge in [0.1, 0.15) is 6.10 Å². The van der Waals surface area contributed by atoms with Crippen molar-refractivity contribution in [3.05, 3.63) is 0 Å². The van der Waals surface area contributed by atoms with Gasteiger partial charge in [-0.25, -0.2) is 4.57 Å². The number of fused-ring (bicyclic) bond motifs is 7. The van der Waals surface area contributed by atoms with Crippen molar-refractivity contribution in [2.45, 2.75) is 123 Å². The average molecular weight is 589 g/mol. The Bertz CT molecular complexity index is 1010. The summed E-state index contributed by atoms with van der Waals surface area (Å²) in [7, 11) is -3.29. The van der Waals surface area contributed by atoms with E-state index in [2.05, 4.69) is 41.5 Å². The highest BCUT2D eigenvalue weighted by atomic mass is 31.2. The molecule has 0 radical (unpaired) electrons. The molecule has 5 N–H and O–H groups in total. The maximum Gasteiger partial charge on any atom is 0.472 e. The Hall–Kier alpha value is -0.0900. The number of hydrogen-bond donors (Lipinski definition) is 5. The molecule has 232 valence electrons. The van der Waals surface area contributed by atoms with Gasteiger partial charge in [0.2, 0.25) is 0 Å². The minimum atomic E-state index is -4.45. The second kappa shape index (κ2) is 10.2. The van der Waals surface area contributed by atoms with Gasteiger partial charge >= 0.3 is 7.82 Å². The Morgan fingerprint density at radius 2 is 1.55 bits per heavy atom. The lowest BCUT2D eigenvalue weighted by Crippen LogP contribution is -2.68. The van der Waals surface area contributed by atoms with Crippen LogP contribution in [-0.4, -0.2) is 74.7 Å². The number of hydrogen-bond acceptors (Lipinski definition) is 8. The molecule has 1 unspecified atom stereocenters. The van der Waals surface area contributed by atoms with Gasteiger partial charge in [0.05, 0.1) is 36.1 Å². The summed E-state index contributed by atoms with van der Waals surface area (Å²) in [5.74, 6) is -0.677. The molecule has 17 atom stereocenters. The maximum absolute atomic E-state index is 13.1. The molecule has 0 aromatic carbocycles. The van der Waals surface area contributed by atoms with Crippen LogP contribution >= 0.6 is 7.82 Å². The average Bonchev–Trinajstić information content (AvgIpc) is 3.07. The zero-order valence-corrected chi connectivity index (χ0v) is 26.3. The molecule has 4 aliphatic carbocycles. The van der Waals surface area contributed by atoms with Crippen LogP contribution in [0.4, 0.5) is 0 Å². The van der Waals surface area contributed by atoms with E-state index in [4.69, 9.17) is 13.8 Å². The Kier molecular flexibility index (Phi) is 8.02. The van der Waals surface area contributed by atoms with Gasteiger partial charge in [0.25, 0.3) is 0 Å². The molecule has 1 aliphatic heterocycles. The van der Waals surface area contributed by atoms with Crippen LogP contribution in [0, 0.1) is 58.2 Å².